The van der Waals surface area contributed by atoms with Crippen LogP contribution in [0.5, 0.6) is 0 Å². The molecule has 0 saturated carbocycles. The van der Waals surface area contributed by atoms with Crippen molar-refractivity contribution in [3.63, 3.8) is 0 Å². The molecular weight excluding hydrogens is 269 g/mol. The molecule has 0 heterocycles. The Morgan fingerprint density at radius 1 is 1.45 bits per heavy atom. The molecule has 20 heavy (non-hydrogen) atoms. The summed E-state index contributed by atoms with van der Waals surface area (Å²) in [5, 5.41) is 2.35. The van der Waals surface area contributed by atoms with Gasteiger partial charge in [-0.3, -0.25) is 10.1 Å². The third-order valence-electron chi connectivity index (χ3n) is 3.92. The maximum absolute atomic E-state index is 12.5. The number of carbonyl (C=O) groups is 1. The highest BCUT2D eigenvalue weighted by Gasteiger charge is 2.45. The normalized spacial score (nSPS) is 26.1. The first-order valence-electron chi connectivity index (χ1n) is 6.47. The van der Waals surface area contributed by atoms with E-state index < -0.39 is 24.2 Å². The van der Waals surface area contributed by atoms with Gasteiger partial charge in [-0.05, 0) is 29.9 Å². The standard InChI is InChI=1S/C14H17F3N2O/c1-9-6-7-13(12(18)20,19-8-14(15,16)17)11-5-3-2-4-10(9)11/h2-5,9,19H,6-8H2,1H3,(H2,18,20). The third kappa shape index (κ3) is 2.65. The number of primary amides is 1. The molecule has 3 N–H and O–H groups in total. The van der Waals surface area contributed by atoms with E-state index in [9.17, 15) is 18.0 Å². The SMILES string of the molecule is CC1CCC(NCC(F)(F)F)(C(N)=O)c2ccccc21. The van der Waals surface area contributed by atoms with Gasteiger partial charge in [-0.15, -0.1) is 0 Å². The molecule has 2 unspecified atom stereocenters. The Morgan fingerprint density at radius 2 is 2.10 bits per heavy atom. The number of alkyl halides is 3. The summed E-state index contributed by atoms with van der Waals surface area (Å²) in [7, 11) is 0. The maximum atomic E-state index is 12.5. The highest BCUT2D eigenvalue weighted by Crippen LogP contribution is 2.41. The molecule has 2 atom stereocenters. The Bertz CT molecular complexity index is 515. The lowest BCUT2D eigenvalue weighted by molar-refractivity contribution is -0.137. The second kappa shape index (κ2) is 5.09. The van der Waals surface area contributed by atoms with Crippen LogP contribution < -0.4 is 11.1 Å². The van der Waals surface area contributed by atoms with E-state index in [-0.39, 0.29) is 12.3 Å². The number of rotatable bonds is 3. The van der Waals surface area contributed by atoms with Crippen molar-refractivity contribution in [3.05, 3.63) is 35.4 Å². The quantitative estimate of drug-likeness (QED) is 0.896. The van der Waals surface area contributed by atoms with Gasteiger partial charge < -0.3 is 5.73 Å². The predicted octanol–water partition coefficient (Wildman–Crippen LogP) is 2.42. The van der Waals surface area contributed by atoms with Crippen molar-refractivity contribution < 1.29 is 18.0 Å². The lowest BCUT2D eigenvalue weighted by Gasteiger charge is -2.40. The van der Waals surface area contributed by atoms with Crippen LogP contribution in [0.2, 0.25) is 0 Å². The first kappa shape index (κ1) is 14.8. The molecule has 1 aromatic rings. The predicted molar refractivity (Wildman–Crippen MR) is 69.0 cm³/mol. The summed E-state index contributed by atoms with van der Waals surface area (Å²) in [4.78, 5) is 11.9. The average molecular weight is 286 g/mol. The van der Waals surface area contributed by atoms with Crippen molar-refractivity contribution in [2.24, 2.45) is 5.73 Å². The molecule has 0 bridgehead atoms. The fourth-order valence-electron chi connectivity index (χ4n) is 2.82. The first-order chi connectivity index (χ1) is 9.26. The molecule has 1 aliphatic rings. The smallest absolute Gasteiger partial charge is 0.368 e. The van der Waals surface area contributed by atoms with Crippen LogP contribution in [0, 0.1) is 0 Å². The topological polar surface area (TPSA) is 55.1 Å². The van der Waals surface area contributed by atoms with Gasteiger partial charge >= 0.3 is 6.18 Å². The molecule has 0 saturated heterocycles. The Morgan fingerprint density at radius 3 is 2.70 bits per heavy atom. The van der Waals surface area contributed by atoms with Crippen LogP contribution in [0.25, 0.3) is 0 Å². The zero-order chi connectivity index (χ0) is 15.0. The van der Waals surface area contributed by atoms with Gasteiger partial charge in [-0.2, -0.15) is 13.2 Å². The van der Waals surface area contributed by atoms with Gasteiger partial charge in [-0.25, -0.2) is 0 Å². The summed E-state index contributed by atoms with van der Waals surface area (Å²) < 4.78 is 37.4. The van der Waals surface area contributed by atoms with Crippen molar-refractivity contribution >= 4 is 5.91 Å². The minimum Gasteiger partial charge on any atom is -0.368 e. The van der Waals surface area contributed by atoms with E-state index in [1.807, 2.05) is 19.1 Å². The number of nitrogens with two attached hydrogens (primary N) is 1. The molecule has 0 fully saturated rings. The van der Waals surface area contributed by atoms with Gasteiger partial charge in [0, 0.05) is 0 Å². The number of carbonyl (C=O) groups excluding carboxylic acids is 1. The number of fused-ring (bicyclic) bond motifs is 1. The molecule has 0 spiro atoms. The number of halogens is 3. The second-order valence-corrected chi connectivity index (χ2v) is 5.27. The molecule has 1 aliphatic carbocycles. The number of benzene rings is 1. The second-order valence-electron chi connectivity index (χ2n) is 5.27. The van der Waals surface area contributed by atoms with Crippen LogP contribution in [0.3, 0.4) is 0 Å². The lowest BCUT2D eigenvalue weighted by Crippen LogP contribution is -2.56. The van der Waals surface area contributed by atoms with E-state index in [0.717, 1.165) is 5.56 Å². The van der Waals surface area contributed by atoms with Gasteiger partial charge in [0.2, 0.25) is 5.91 Å². The van der Waals surface area contributed by atoms with Gasteiger partial charge in [0.15, 0.2) is 0 Å². The Labute approximate surface area is 115 Å². The number of hydrogen-bond donors (Lipinski definition) is 2. The zero-order valence-electron chi connectivity index (χ0n) is 11.1. The van der Waals surface area contributed by atoms with E-state index in [1.165, 1.54) is 0 Å². The van der Waals surface area contributed by atoms with E-state index in [2.05, 4.69) is 5.32 Å². The van der Waals surface area contributed by atoms with E-state index in [1.54, 1.807) is 12.1 Å². The zero-order valence-corrected chi connectivity index (χ0v) is 11.1. The van der Waals surface area contributed by atoms with E-state index >= 15 is 0 Å². The summed E-state index contributed by atoms with van der Waals surface area (Å²) in [5.74, 6) is -0.563. The average Bonchev–Trinajstić information content (AvgIpc) is 2.37. The monoisotopic (exact) mass is 286 g/mol. The highest BCUT2D eigenvalue weighted by atomic mass is 19.4. The molecule has 6 heteroatoms. The van der Waals surface area contributed by atoms with Gasteiger partial charge in [0.25, 0.3) is 0 Å². The number of hydrogen-bond acceptors (Lipinski definition) is 2. The van der Waals surface area contributed by atoms with Crippen LogP contribution in [-0.4, -0.2) is 18.6 Å². The van der Waals surface area contributed by atoms with Crippen molar-refractivity contribution in [1.29, 1.82) is 0 Å². The van der Waals surface area contributed by atoms with Crippen LogP contribution in [0.4, 0.5) is 13.2 Å². The van der Waals surface area contributed by atoms with Crippen LogP contribution >= 0.6 is 0 Å². The van der Waals surface area contributed by atoms with Crippen LogP contribution in [-0.2, 0) is 10.3 Å². The van der Waals surface area contributed by atoms with Crippen molar-refractivity contribution in [2.45, 2.75) is 37.4 Å². The van der Waals surface area contributed by atoms with Crippen molar-refractivity contribution in [3.8, 4) is 0 Å². The lowest BCUT2D eigenvalue weighted by atomic mass is 9.72. The molecular formula is C14H17F3N2O. The third-order valence-corrected chi connectivity index (χ3v) is 3.92. The Hall–Kier alpha value is -1.56. The molecule has 1 aromatic carbocycles. The van der Waals surface area contributed by atoms with Crippen LogP contribution in [0.15, 0.2) is 24.3 Å². The van der Waals surface area contributed by atoms with Gasteiger partial charge in [-0.1, -0.05) is 31.2 Å². The van der Waals surface area contributed by atoms with Crippen LogP contribution in [0.1, 0.15) is 36.8 Å². The highest BCUT2D eigenvalue weighted by molar-refractivity contribution is 5.87. The molecule has 1 amide bonds. The molecule has 0 aromatic heterocycles. The molecule has 0 radical (unpaired) electrons. The summed E-state index contributed by atoms with van der Waals surface area (Å²) in [6, 6.07) is 7.05. The van der Waals surface area contributed by atoms with Gasteiger partial charge in [0.1, 0.15) is 5.54 Å². The van der Waals surface area contributed by atoms with E-state index in [0.29, 0.717) is 12.0 Å². The number of amides is 1. The van der Waals surface area contributed by atoms with Gasteiger partial charge in [0.05, 0.1) is 6.54 Å². The molecule has 3 nitrogen and oxygen atoms in total. The summed E-state index contributed by atoms with van der Waals surface area (Å²) in [6.07, 6.45) is -3.50. The largest absolute Gasteiger partial charge is 0.401 e. The number of nitrogens with one attached hydrogen (secondary N) is 1. The minimum atomic E-state index is -4.39. The van der Waals surface area contributed by atoms with Crippen molar-refractivity contribution in [2.75, 3.05) is 6.54 Å². The summed E-state index contributed by atoms with van der Waals surface area (Å²) >= 11 is 0. The molecule has 0 aliphatic heterocycles. The van der Waals surface area contributed by atoms with E-state index in [4.69, 9.17) is 5.73 Å². The fourth-order valence-corrected chi connectivity index (χ4v) is 2.82. The van der Waals surface area contributed by atoms with Crippen molar-refractivity contribution in [1.82, 2.24) is 5.32 Å². The molecule has 2 rings (SSSR count). The Kier molecular flexibility index (Phi) is 3.77. The summed E-state index contributed by atoms with van der Waals surface area (Å²) in [6.45, 7) is 0.756. The Balaban J connectivity index is 2.44. The first-order valence-corrected chi connectivity index (χ1v) is 6.47. The minimum absolute atomic E-state index is 0.200. The summed E-state index contributed by atoms with van der Waals surface area (Å²) in [5.41, 5.74) is 5.44. The fraction of sp³-hybridized carbons (Fsp3) is 0.500. The molecule has 110 valence electrons. The maximum Gasteiger partial charge on any atom is 0.401 e.